The Morgan fingerprint density at radius 1 is 1.27 bits per heavy atom. The maximum absolute atomic E-state index is 11.9. The molecular weight excluding hydrogens is 212 g/mol. The van der Waals surface area contributed by atoms with Crippen molar-refractivity contribution >= 4 is 17.5 Å². The van der Waals surface area contributed by atoms with Crippen molar-refractivity contribution in [2.75, 3.05) is 31.3 Å². The molecular formula is C11H18O3S. The molecule has 0 amide bonds. The summed E-state index contributed by atoms with van der Waals surface area (Å²) in [6.07, 6.45) is 2.62. The molecule has 2 fully saturated rings. The SMILES string of the molecule is O=C(CC1CCOCC1)C1CSCCO1. The van der Waals surface area contributed by atoms with E-state index in [0.717, 1.165) is 44.2 Å². The first kappa shape index (κ1) is 11.4. The second kappa shape index (κ2) is 5.87. The average molecular weight is 230 g/mol. The van der Waals surface area contributed by atoms with Crippen LogP contribution in [0.15, 0.2) is 0 Å². The zero-order valence-electron chi connectivity index (χ0n) is 8.94. The first-order valence-electron chi connectivity index (χ1n) is 5.66. The molecule has 2 saturated heterocycles. The first-order valence-corrected chi connectivity index (χ1v) is 6.81. The van der Waals surface area contributed by atoms with Gasteiger partial charge in [-0.2, -0.15) is 11.8 Å². The smallest absolute Gasteiger partial charge is 0.162 e. The second-order valence-corrected chi connectivity index (χ2v) is 5.31. The van der Waals surface area contributed by atoms with Gasteiger partial charge >= 0.3 is 0 Å². The number of hydrogen-bond donors (Lipinski definition) is 0. The molecule has 2 rings (SSSR count). The molecule has 0 aliphatic carbocycles. The maximum atomic E-state index is 11.9. The minimum atomic E-state index is -0.133. The molecule has 0 spiro atoms. The lowest BCUT2D eigenvalue weighted by Crippen LogP contribution is -2.33. The Balaban J connectivity index is 1.74. The van der Waals surface area contributed by atoms with Crippen LogP contribution in [0.4, 0.5) is 0 Å². The molecule has 3 nitrogen and oxygen atoms in total. The van der Waals surface area contributed by atoms with E-state index in [4.69, 9.17) is 9.47 Å². The van der Waals surface area contributed by atoms with Gasteiger partial charge in [0.1, 0.15) is 6.10 Å². The molecule has 15 heavy (non-hydrogen) atoms. The summed E-state index contributed by atoms with van der Waals surface area (Å²) in [4.78, 5) is 11.9. The number of rotatable bonds is 3. The van der Waals surface area contributed by atoms with Crippen molar-refractivity contribution in [3.05, 3.63) is 0 Å². The van der Waals surface area contributed by atoms with E-state index in [9.17, 15) is 4.79 Å². The highest BCUT2D eigenvalue weighted by molar-refractivity contribution is 7.99. The first-order chi connectivity index (χ1) is 7.36. The van der Waals surface area contributed by atoms with Crippen molar-refractivity contribution in [2.24, 2.45) is 5.92 Å². The number of Topliss-reactive ketones (excluding diaryl/α,β-unsaturated/α-hetero) is 1. The molecule has 2 aliphatic rings. The minimum Gasteiger partial charge on any atom is -0.381 e. The van der Waals surface area contributed by atoms with Crippen LogP contribution in [0.1, 0.15) is 19.3 Å². The summed E-state index contributed by atoms with van der Waals surface area (Å²) in [7, 11) is 0. The standard InChI is InChI=1S/C11H18O3S/c12-10(11-8-15-6-5-14-11)7-9-1-3-13-4-2-9/h9,11H,1-8H2. The Morgan fingerprint density at radius 3 is 2.73 bits per heavy atom. The van der Waals surface area contributed by atoms with Crippen LogP contribution >= 0.6 is 11.8 Å². The predicted molar refractivity (Wildman–Crippen MR) is 60.2 cm³/mol. The monoisotopic (exact) mass is 230 g/mol. The van der Waals surface area contributed by atoms with Gasteiger partial charge in [-0.3, -0.25) is 4.79 Å². The molecule has 0 saturated carbocycles. The van der Waals surface area contributed by atoms with Gasteiger partial charge in [0.2, 0.25) is 0 Å². The van der Waals surface area contributed by atoms with Gasteiger partial charge < -0.3 is 9.47 Å². The van der Waals surface area contributed by atoms with E-state index in [0.29, 0.717) is 18.1 Å². The molecule has 2 aliphatic heterocycles. The fourth-order valence-corrected chi connectivity index (χ4v) is 2.92. The summed E-state index contributed by atoms with van der Waals surface area (Å²) >= 11 is 1.82. The van der Waals surface area contributed by atoms with Crippen LogP contribution in [0.5, 0.6) is 0 Å². The minimum absolute atomic E-state index is 0.133. The Kier molecular flexibility index (Phi) is 4.47. The van der Waals surface area contributed by atoms with Crippen LogP contribution in [0.25, 0.3) is 0 Å². The number of carbonyl (C=O) groups excluding carboxylic acids is 1. The maximum Gasteiger partial charge on any atom is 0.162 e. The van der Waals surface area contributed by atoms with Gasteiger partial charge in [-0.25, -0.2) is 0 Å². The van der Waals surface area contributed by atoms with Gasteiger partial charge in [-0.15, -0.1) is 0 Å². The fraction of sp³-hybridized carbons (Fsp3) is 0.909. The van der Waals surface area contributed by atoms with E-state index < -0.39 is 0 Å². The van der Waals surface area contributed by atoms with Crippen molar-refractivity contribution in [1.82, 2.24) is 0 Å². The number of carbonyl (C=O) groups is 1. The van der Waals surface area contributed by atoms with Crippen LogP contribution in [0.3, 0.4) is 0 Å². The van der Waals surface area contributed by atoms with Crippen molar-refractivity contribution in [2.45, 2.75) is 25.4 Å². The summed E-state index contributed by atoms with van der Waals surface area (Å²) in [5, 5.41) is 0. The topological polar surface area (TPSA) is 35.5 Å². The van der Waals surface area contributed by atoms with E-state index in [2.05, 4.69) is 0 Å². The van der Waals surface area contributed by atoms with Gasteiger partial charge in [-0.05, 0) is 18.8 Å². The van der Waals surface area contributed by atoms with Gasteiger partial charge in [0, 0.05) is 31.1 Å². The van der Waals surface area contributed by atoms with Crippen LogP contribution in [0, 0.1) is 5.92 Å². The lowest BCUT2D eigenvalue weighted by atomic mass is 9.93. The van der Waals surface area contributed by atoms with Gasteiger partial charge in [0.05, 0.1) is 6.61 Å². The molecule has 0 bridgehead atoms. The Hall–Kier alpha value is -0.0600. The Bertz CT molecular complexity index is 208. The molecule has 1 unspecified atom stereocenters. The highest BCUT2D eigenvalue weighted by Gasteiger charge is 2.25. The fourth-order valence-electron chi connectivity index (χ4n) is 2.04. The van der Waals surface area contributed by atoms with Crippen molar-refractivity contribution < 1.29 is 14.3 Å². The van der Waals surface area contributed by atoms with E-state index in [1.54, 1.807) is 0 Å². The van der Waals surface area contributed by atoms with Gasteiger partial charge in [0.25, 0.3) is 0 Å². The molecule has 4 heteroatoms. The lowest BCUT2D eigenvalue weighted by Gasteiger charge is -2.25. The number of ether oxygens (including phenoxy) is 2. The summed E-state index contributed by atoms with van der Waals surface area (Å²) in [6.45, 7) is 2.37. The van der Waals surface area contributed by atoms with Crippen molar-refractivity contribution in [3.8, 4) is 0 Å². The summed E-state index contributed by atoms with van der Waals surface area (Å²) in [6, 6.07) is 0. The third-order valence-electron chi connectivity index (χ3n) is 3.01. The third-order valence-corrected chi connectivity index (χ3v) is 4.00. The molecule has 0 aromatic carbocycles. The van der Waals surface area contributed by atoms with Crippen LogP contribution in [-0.2, 0) is 14.3 Å². The highest BCUT2D eigenvalue weighted by Crippen LogP contribution is 2.22. The van der Waals surface area contributed by atoms with Gasteiger partial charge in [-0.1, -0.05) is 0 Å². The molecule has 1 atom stereocenters. The molecule has 0 aromatic heterocycles. The average Bonchev–Trinajstić information content (AvgIpc) is 2.31. The zero-order chi connectivity index (χ0) is 10.5. The summed E-state index contributed by atoms with van der Waals surface area (Å²) in [5.74, 6) is 2.71. The number of hydrogen-bond acceptors (Lipinski definition) is 4. The lowest BCUT2D eigenvalue weighted by molar-refractivity contribution is -0.130. The molecule has 0 radical (unpaired) electrons. The number of thioether (sulfide) groups is 1. The second-order valence-electron chi connectivity index (χ2n) is 4.16. The van der Waals surface area contributed by atoms with Crippen LogP contribution in [-0.4, -0.2) is 43.2 Å². The normalized spacial score (nSPS) is 28.9. The Labute approximate surface area is 94.9 Å². The van der Waals surface area contributed by atoms with E-state index in [1.807, 2.05) is 11.8 Å². The van der Waals surface area contributed by atoms with Crippen LogP contribution in [0.2, 0.25) is 0 Å². The number of ketones is 1. The van der Waals surface area contributed by atoms with Gasteiger partial charge in [0.15, 0.2) is 5.78 Å². The quantitative estimate of drug-likeness (QED) is 0.736. The Morgan fingerprint density at radius 2 is 2.07 bits per heavy atom. The summed E-state index contributed by atoms with van der Waals surface area (Å²) in [5.41, 5.74) is 0. The largest absolute Gasteiger partial charge is 0.381 e. The van der Waals surface area contributed by atoms with E-state index in [-0.39, 0.29) is 6.10 Å². The molecule has 0 N–H and O–H groups in total. The molecule has 86 valence electrons. The molecule has 0 aromatic rings. The van der Waals surface area contributed by atoms with Crippen LogP contribution < -0.4 is 0 Å². The third kappa shape index (κ3) is 3.47. The zero-order valence-corrected chi connectivity index (χ0v) is 9.76. The predicted octanol–water partition coefficient (Wildman–Crippen LogP) is 1.50. The molecule has 2 heterocycles. The highest BCUT2D eigenvalue weighted by atomic mass is 32.2. The van der Waals surface area contributed by atoms with E-state index >= 15 is 0 Å². The van der Waals surface area contributed by atoms with E-state index in [1.165, 1.54) is 0 Å². The van der Waals surface area contributed by atoms with Crippen molar-refractivity contribution in [3.63, 3.8) is 0 Å². The summed E-state index contributed by atoms with van der Waals surface area (Å²) < 4.78 is 10.8. The van der Waals surface area contributed by atoms with Crippen molar-refractivity contribution in [1.29, 1.82) is 0 Å².